The van der Waals surface area contributed by atoms with Gasteiger partial charge >= 0.3 is 0 Å². The number of rotatable bonds is 10. The van der Waals surface area contributed by atoms with Crippen molar-refractivity contribution in [3.05, 3.63) is 64.2 Å². The summed E-state index contributed by atoms with van der Waals surface area (Å²) in [5.74, 6) is 0.981. The lowest BCUT2D eigenvalue weighted by Crippen LogP contribution is -2.07. The van der Waals surface area contributed by atoms with Gasteiger partial charge in [0.05, 0.1) is 18.1 Å². The van der Waals surface area contributed by atoms with Crippen LogP contribution >= 0.6 is 0 Å². The number of unbranched alkanes of at least 4 members (excludes halogenated alkanes) is 1. The molecule has 0 unspecified atom stereocenters. The number of benzene rings is 2. The summed E-state index contributed by atoms with van der Waals surface area (Å²) in [5.41, 5.74) is 1.25. The molecule has 0 aromatic heterocycles. The maximum Gasteiger partial charge on any atom is 0.269 e. The number of hydrogen-bond acceptors (Lipinski definition) is 5. The van der Waals surface area contributed by atoms with E-state index < -0.39 is 4.92 Å². The first-order valence-corrected chi connectivity index (χ1v) is 9.16. The van der Waals surface area contributed by atoms with Crippen molar-refractivity contribution in [1.82, 2.24) is 0 Å². The Bertz CT molecular complexity index is 831. The molecular weight excluding hydrogens is 360 g/mol. The van der Waals surface area contributed by atoms with Crippen LogP contribution in [0.3, 0.4) is 0 Å². The van der Waals surface area contributed by atoms with E-state index in [4.69, 9.17) is 9.47 Å². The zero-order valence-corrected chi connectivity index (χ0v) is 16.0. The molecule has 0 aliphatic heterocycles. The number of hydrogen-bond donors (Lipinski definition) is 1. The molecule has 148 valence electrons. The molecule has 0 heterocycles. The highest BCUT2D eigenvalue weighted by Crippen LogP contribution is 2.29. The van der Waals surface area contributed by atoms with Crippen molar-refractivity contribution < 1.29 is 19.2 Å². The molecule has 0 fully saturated rings. The lowest BCUT2D eigenvalue weighted by atomic mass is 10.2. The largest absolute Gasteiger partial charge is 0.490 e. The Morgan fingerprint density at radius 2 is 1.86 bits per heavy atom. The third kappa shape index (κ3) is 6.42. The fourth-order valence-corrected chi connectivity index (χ4v) is 2.36. The molecule has 1 N–H and O–H groups in total. The van der Waals surface area contributed by atoms with Crippen LogP contribution < -0.4 is 14.8 Å². The molecule has 7 heteroatoms. The van der Waals surface area contributed by atoms with Crippen molar-refractivity contribution >= 4 is 23.4 Å². The lowest BCUT2D eigenvalue weighted by molar-refractivity contribution is -0.384. The van der Waals surface area contributed by atoms with Gasteiger partial charge in [0.15, 0.2) is 11.5 Å². The standard InChI is InChI=1S/C21H24N2O5/c1-3-5-14-28-19-12-6-16(15-20(19)27-4-2)7-13-21(24)22-17-8-10-18(11-9-17)23(25)26/h6-13,15H,3-5,14H2,1-2H3,(H,22,24)/b13-7+. The number of amides is 1. The van der Waals surface area contributed by atoms with Crippen molar-refractivity contribution in [1.29, 1.82) is 0 Å². The van der Waals surface area contributed by atoms with E-state index in [1.54, 1.807) is 6.08 Å². The van der Waals surface area contributed by atoms with Crippen molar-refractivity contribution in [3.8, 4) is 11.5 Å². The van der Waals surface area contributed by atoms with Gasteiger partial charge in [0, 0.05) is 23.9 Å². The van der Waals surface area contributed by atoms with Crippen LogP contribution in [-0.4, -0.2) is 24.0 Å². The zero-order chi connectivity index (χ0) is 20.4. The smallest absolute Gasteiger partial charge is 0.269 e. The fourth-order valence-electron chi connectivity index (χ4n) is 2.36. The predicted octanol–water partition coefficient (Wildman–Crippen LogP) is 4.82. The molecule has 2 aromatic carbocycles. The highest BCUT2D eigenvalue weighted by atomic mass is 16.6. The molecule has 0 atom stereocenters. The zero-order valence-electron chi connectivity index (χ0n) is 16.0. The third-order valence-electron chi connectivity index (χ3n) is 3.80. The van der Waals surface area contributed by atoms with Crippen molar-refractivity contribution in [2.75, 3.05) is 18.5 Å². The number of carbonyl (C=O) groups excluding carboxylic acids is 1. The molecule has 28 heavy (non-hydrogen) atoms. The molecule has 1 amide bonds. The average Bonchev–Trinajstić information content (AvgIpc) is 2.68. The Morgan fingerprint density at radius 3 is 2.50 bits per heavy atom. The summed E-state index contributed by atoms with van der Waals surface area (Å²) >= 11 is 0. The Morgan fingerprint density at radius 1 is 1.11 bits per heavy atom. The summed E-state index contributed by atoms with van der Waals surface area (Å²) in [6.45, 7) is 5.14. The number of anilines is 1. The second kappa shape index (κ2) is 10.7. The lowest BCUT2D eigenvalue weighted by Gasteiger charge is -2.12. The number of non-ortho nitro benzene ring substituents is 1. The first-order chi connectivity index (χ1) is 13.5. The van der Waals surface area contributed by atoms with Gasteiger partial charge in [-0.1, -0.05) is 19.4 Å². The topological polar surface area (TPSA) is 90.7 Å². The van der Waals surface area contributed by atoms with Gasteiger partial charge in [-0.05, 0) is 49.2 Å². The maximum absolute atomic E-state index is 12.1. The van der Waals surface area contributed by atoms with Crippen molar-refractivity contribution in [2.45, 2.75) is 26.7 Å². The molecule has 0 aliphatic carbocycles. The molecule has 0 bridgehead atoms. The molecule has 7 nitrogen and oxygen atoms in total. The fraction of sp³-hybridized carbons (Fsp3) is 0.286. The van der Waals surface area contributed by atoms with Crippen LogP contribution in [0.5, 0.6) is 11.5 Å². The van der Waals surface area contributed by atoms with Crippen LogP contribution in [0.1, 0.15) is 32.3 Å². The predicted molar refractivity (Wildman–Crippen MR) is 109 cm³/mol. The minimum atomic E-state index is -0.489. The van der Waals surface area contributed by atoms with Gasteiger partial charge in [-0.15, -0.1) is 0 Å². The Hall–Kier alpha value is -3.35. The summed E-state index contributed by atoms with van der Waals surface area (Å²) in [6, 6.07) is 11.1. The summed E-state index contributed by atoms with van der Waals surface area (Å²) in [5, 5.41) is 13.3. The molecular formula is C21H24N2O5. The normalized spacial score (nSPS) is 10.6. The van der Waals surface area contributed by atoms with Gasteiger partial charge < -0.3 is 14.8 Å². The minimum absolute atomic E-state index is 0.0294. The molecule has 2 aromatic rings. The second-order valence-corrected chi connectivity index (χ2v) is 5.97. The highest BCUT2D eigenvalue weighted by Gasteiger charge is 2.07. The first-order valence-electron chi connectivity index (χ1n) is 9.16. The number of nitrogens with zero attached hydrogens (tertiary/aromatic N) is 1. The van der Waals surface area contributed by atoms with Crippen LogP contribution in [-0.2, 0) is 4.79 Å². The Balaban J connectivity index is 2.02. The van der Waals surface area contributed by atoms with E-state index in [1.165, 1.54) is 30.3 Å². The van der Waals surface area contributed by atoms with E-state index >= 15 is 0 Å². The molecule has 2 rings (SSSR count). The van der Waals surface area contributed by atoms with Gasteiger partial charge in [0.2, 0.25) is 5.91 Å². The summed E-state index contributed by atoms with van der Waals surface area (Å²) in [6.07, 6.45) is 5.08. The van der Waals surface area contributed by atoms with Gasteiger partial charge in [-0.3, -0.25) is 14.9 Å². The van der Waals surface area contributed by atoms with E-state index in [2.05, 4.69) is 12.2 Å². The average molecular weight is 384 g/mol. The first kappa shape index (κ1) is 21.0. The SMILES string of the molecule is CCCCOc1ccc(/C=C/C(=O)Nc2ccc([N+](=O)[O-])cc2)cc1OCC. The summed E-state index contributed by atoms with van der Waals surface area (Å²) < 4.78 is 11.4. The molecule has 0 spiro atoms. The molecule has 0 radical (unpaired) electrons. The number of nitrogens with one attached hydrogen (secondary N) is 1. The van der Waals surface area contributed by atoms with Crippen LogP contribution in [0.2, 0.25) is 0 Å². The Kier molecular flexibility index (Phi) is 8.02. The number of nitro groups is 1. The molecule has 0 aliphatic rings. The number of carbonyl (C=O) groups is 1. The van der Waals surface area contributed by atoms with Gasteiger partial charge in [0.1, 0.15) is 0 Å². The van der Waals surface area contributed by atoms with Crippen LogP contribution in [0.25, 0.3) is 6.08 Å². The van der Waals surface area contributed by atoms with Crippen molar-refractivity contribution in [2.24, 2.45) is 0 Å². The number of nitro benzene ring substituents is 1. The van der Waals surface area contributed by atoms with Gasteiger partial charge in [0.25, 0.3) is 5.69 Å². The quantitative estimate of drug-likeness (QED) is 0.274. The molecule has 0 saturated heterocycles. The van der Waals surface area contributed by atoms with Gasteiger partial charge in [-0.2, -0.15) is 0 Å². The Labute approximate surface area is 164 Å². The summed E-state index contributed by atoms with van der Waals surface area (Å²) in [4.78, 5) is 22.2. The van der Waals surface area contributed by atoms with E-state index in [1.807, 2.05) is 25.1 Å². The van der Waals surface area contributed by atoms with Crippen molar-refractivity contribution in [3.63, 3.8) is 0 Å². The monoisotopic (exact) mass is 384 g/mol. The van der Waals surface area contributed by atoms with Crippen LogP contribution in [0, 0.1) is 10.1 Å². The third-order valence-corrected chi connectivity index (χ3v) is 3.80. The molecule has 0 saturated carbocycles. The number of ether oxygens (including phenoxy) is 2. The van der Waals surface area contributed by atoms with Gasteiger partial charge in [-0.25, -0.2) is 0 Å². The van der Waals surface area contributed by atoms with Crippen LogP contribution in [0.4, 0.5) is 11.4 Å². The van der Waals surface area contributed by atoms with E-state index in [0.29, 0.717) is 30.4 Å². The van der Waals surface area contributed by atoms with E-state index in [-0.39, 0.29) is 11.6 Å². The van der Waals surface area contributed by atoms with Crippen LogP contribution in [0.15, 0.2) is 48.5 Å². The second-order valence-electron chi connectivity index (χ2n) is 5.97. The van der Waals surface area contributed by atoms with E-state index in [9.17, 15) is 14.9 Å². The minimum Gasteiger partial charge on any atom is -0.490 e. The highest BCUT2D eigenvalue weighted by molar-refractivity contribution is 6.02. The summed E-state index contributed by atoms with van der Waals surface area (Å²) in [7, 11) is 0. The van der Waals surface area contributed by atoms with E-state index in [0.717, 1.165) is 18.4 Å². The maximum atomic E-state index is 12.1.